The van der Waals surface area contributed by atoms with Gasteiger partial charge >= 0.3 is 0 Å². The summed E-state index contributed by atoms with van der Waals surface area (Å²) >= 11 is 0. The number of rotatable bonds is 8. The Kier molecular flexibility index (Phi) is 7.05. The van der Waals surface area contributed by atoms with Crippen LogP contribution in [0.4, 0.5) is 0 Å². The van der Waals surface area contributed by atoms with E-state index in [0.717, 1.165) is 0 Å². The second-order valence-corrected chi connectivity index (χ2v) is 12.4. The summed E-state index contributed by atoms with van der Waals surface area (Å²) in [7, 11) is -0.614. The van der Waals surface area contributed by atoms with Crippen molar-refractivity contribution in [3.63, 3.8) is 0 Å². The fraction of sp³-hybridized carbons (Fsp3) is 1.00. The average Bonchev–Trinajstić information content (AvgIpc) is 2.02. The quantitative estimate of drug-likeness (QED) is 0.598. The van der Waals surface area contributed by atoms with E-state index in [1.54, 1.807) is 0 Å². The van der Waals surface area contributed by atoms with Crippen molar-refractivity contribution in [2.45, 2.75) is 77.3 Å². The molecule has 0 aromatic carbocycles. The lowest BCUT2D eigenvalue weighted by molar-refractivity contribution is 0.477. The first-order chi connectivity index (χ1) is 6.83. The first kappa shape index (κ1) is 15.4. The van der Waals surface area contributed by atoms with Crippen LogP contribution in [0.15, 0.2) is 0 Å². The van der Waals surface area contributed by atoms with Gasteiger partial charge < -0.3 is 4.12 Å². The SMILES string of the molecule is CCCC(C)(C)[SiH2]O[SiH2]C(C)(C)CCC. The molecule has 0 bridgehead atoms. The van der Waals surface area contributed by atoms with E-state index in [4.69, 9.17) is 4.12 Å². The van der Waals surface area contributed by atoms with Crippen LogP contribution >= 0.6 is 0 Å². The standard InChI is InChI=1S/C12H30OSi2/c1-7-9-11(3,4)14-13-15-12(5,6)10-8-2/h7-10,14-15H2,1-6H3. The smallest absolute Gasteiger partial charge is 0.151 e. The summed E-state index contributed by atoms with van der Waals surface area (Å²) in [4.78, 5) is 0. The average molecular weight is 247 g/mol. The van der Waals surface area contributed by atoms with Gasteiger partial charge in [-0.25, -0.2) is 0 Å². The molecule has 0 atom stereocenters. The van der Waals surface area contributed by atoms with E-state index in [2.05, 4.69) is 41.5 Å². The molecule has 0 saturated heterocycles. The van der Waals surface area contributed by atoms with E-state index in [-0.39, 0.29) is 19.5 Å². The normalized spacial score (nSPS) is 14.8. The summed E-state index contributed by atoms with van der Waals surface area (Å²) in [5.41, 5.74) is 0. The van der Waals surface area contributed by atoms with E-state index < -0.39 is 0 Å². The van der Waals surface area contributed by atoms with Gasteiger partial charge in [0.1, 0.15) is 0 Å². The molecule has 0 aliphatic carbocycles. The molecule has 0 fully saturated rings. The molecule has 0 spiro atoms. The highest BCUT2D eigenvalue weighted by atomic mass is 28.3. The molecule has 3 heteroatoms. The monoisotopic (exact) mass is 246 g/mol. The van der Waals surface area contributed by atoms with Crippen molar-refractivity contribution in [3.05, 3.63) is 0 Å². The van der Waals surface area contributed by atoms with Crippen LogP contribution in [0.1, 0.15) is 67.2 Å². The molecule has 0 aromatic rings. The van der Waals surface area contributed by atoms with E-state index in [1.165, 1.54) is 25.7 Å². The fourth-order valence-corrected chi connectivity index (χ4v) is 7.93. The molecule has 0 amide bonds. The van der Waals surface area contributed by atoms with E-state index >= 15 is 0 Å². The molecule has 0 aromatic heterocycles. The maximum absolute atomic E-state index is 6.15. The third-order valence-electron chi connectivity index (χ3n) is 2.84. The van der Waals surface area contributed by atoms with Crippen molar-refractivity contribution in [2.75, 3.05) is 0 Å². The highest BCUT2D eigenvalue weighted by Gasteiger charge is 2.22. The minimum Gasteiger partial charge on any atom is -0.464 e. The summed E-state index contributed by atoms with van der Waals surface area (Å²) in [6, 6.07) is 0. The van der Waals surface area contributed by atoms with Crippen LogP contribution in [0.25, 0.3) is 0 Å². The van der Waals surface area contributed by atoms with Crippen LogP contribution in [-0.4, -0.2) is 19.5 Å². The van der Waals surface area contributed by atoms with Crippen LogP contribution < -0.4 is 0 Å². The van der Waals surface area contributed by atoms with Crippen molar-refractivity contribution in [2.24, 2.45) is 0 Å². The fourth-order valence-electron chi connectivity index (χ4n) is 2.10. The zero-order valence-electron chi connectivity index (χ0n) is 11.7. The molecular formula is C12H30OSi2. The Labute approximate surface area is 101 Å². The topological polar surface area (TPSA) is 9.23 Å². The van der Waals surface area contributed by atoms with Gasteiger partial charge in [-0.05, 0) is 22.9 Å². The van der Waals surface area contributed by atoms with Gasteiger partial charge in [0.15, 0.2) is 19.5 Å². The third-order valence-corrected chi connectivity index (χ3v) is 6.74. The lowest BCUT2D eigenvalue weighted by Crippen LogP contribution is -2.23. The van der Waals surface area contributed by atoms with Crippen LogP contribution in [0.2, 0.25) is 10.1 Å². The van der Waals surface area contributed by atoms with Gasteiger partial charge in [-0.2, -0.15) is 0 Å². The Morgan fingerprint density at radius 2 is 1.13 bits per heavy atom. The Bertz CT molecular complexity index is 149. The molecule has 0 radical (unpaired) electrons. The molecule has 1 nitrogen and oxygen atoms in total. The third kappa shape index (κ3) is 8.23. The molecule has 0 heterocycles. The summed E-state index contributed by atoms with van der Waals surface area (Å²) in [6.45, 7) is 14.1. The minimum absolute atomic E-state index is 0.307. The second-order valence-electron chi connectivity index (χ2n) is 6.32. The van der Waals surface area contributed by atoms with Crippen LogP contribution in [0, 0.1) is 0 Å². The Morgan fingerprint density at radius 3 is 1.40 bits per heavy atom. The predicted octanol–water partition coefficient (Wildman–Crippen LogP) is 3.17. The summed E-state index contributed by atoms with van der Waals surface area (Å²) in [6.07, 6.45) is 5.26. The lowest BCUT2D eigenvalue weighted by Gasteiger charge is -2.28. The molecule has 0 aliphatic rings. The number of hydrogen-bond donors (Lipinski definition) is 0. The second kappa shape index (κ2) is 6.87. The van der Waals surface area contributed by atoms with Crippen molar-refractivity contribution in [1.29, 1.82) is 0 Å². The summed E-state index contributed by atoms with van der Waals surface area (Å²) in [5, 5.41) is 1.04. The highest BCUT2D eigenvalue weighted by molar-refractivity contribution is 6.46. The summed E-state index contributed by atoms with van der Waals surface area (Å²) in [5.74, 6) is 0. The summed E-state index contributed by atoms with van der Waals surface area (Å²) < 4.78 is 6.15. The van der Waals surface area contributed by atoms with Gasteiger partial charge in [0.25, 0.3) is 0 Å². The highest BCUT2D eigenvalue weighted by Crippen LogP contribution is 2.32. The minimum atomic E-state index is -0.307. The molecule has 15 heavy (non-hydrogen) atoms. The van der Waals surface area contributed by atoms with Crippen molar-refractivity contribution < 1.29 is 4.12 Å². The van der Waals surface area contributed by atoms with Crippen LogP contribution in [-0.2, 0) is 4.12 Å². The first-order valence-corrected chi connectivity index (χ1v) is 8.97. The first-order valence-electron chi connectivity index (χ1n) is 6.41. The Hall–Kier alpha value is 0.394. The maximum Gasteiger partial charge on any atom is 0.151 e. The van der Waals surface area contributed by atoms with E-state index in [0.29, 0.717) is 10.1 Å². The lowest BCUT2D eigenvalue weighted by atomic mass is 10.1. The molecule has 0 rings (SSSR count). The predicted molar refractivity (Wildman–Crippen MR) is 76.1 cm³/mol. The maximum atomic E-state index is 6.15. The molecule has 0 aliphatic heterocycles. The van der Waals surface area contributed by atoms with E-state index in [1.807, 2.05) is 0 Å². The molecule has 0 unspecified atom stereocenters. The molecular weight excluding hydrogens is 216 g/mol. The van der Waals surface area contributed by atoms with Gasteiger partial charge in [0.05, 0.1) is 0 Å². The van der Waals surface area contributed by atoms with Crippen LogP contribution in [0.5, 0.6) is 0 Å². The van der Waals surface area contributed by atoms with Crippen molar-refractivity contribution in [1.82, 2.24) is 0 Å². The zero-order chi connectivity index (χ0) is 11.9. The van der Waals surface area contributed by atoms with Gasteiger partial charge in [0.2, 0.25) is 0 Å². The number of hydrogen-bond acceptors (Lipinski definition) is 1. The molecule has 0 saturated carbocycles. The Balaban J connectivity index is 3.77. The molecule has 0 N–H and O–H groups in total. The van der Waals surface area contributed by atoms with Crippen LogP contribution in [0.3, 0.4) is 0 Å². The van der Waals surface area contributed by atoms with Gasteiger partial charge in [0, 0.05) is 0 Å². The largest absolute Gasteiger partial charge is 0.464 e. The van der Waals surface area contributed by atoms with Gasteiger partial charge in [-0.1, -0.05) is 54.4 Å². The molecule has 92 valence electrons. The van der Waals surface area contributed by atoms with Crippen molar-refractivity contribution >= 4 is 19.5 Å². The zero-order valence-corrected chi connectivity index (χ0v) is 14.5. The van der Waals surface area contributed by atoms with Gasteiger partial charge in [-0.15, -0.1) is 0 Å². The Morgan fingerprint density at radius 1 is 0.800 bits per heavy atom. The van der Waals surface area contributed by atoms with Gasteiger partial charge in [-0.3, -0.25) is 0 Å². The van der Waals surface area contributed by atoms with E-state index in [9.17, 15) is 0 Å². The van der Waals surface area contributed by atoms with Crippen molar-refractivity contribution in [3.8, 4) is 0 Å².